The van der Waals surface area contributed by atoms with Crippen molar-refractivity contribution < 1.29 is 9.18 Å². The number of amides is 1. The maximum atomic E-state index is 13.2. The Morgan fingerprint density at radius 3 is 2.81 bits per heavy atom. The van der Waals surface area contributed by atoms with Crippen molar-refractivity contribution in [3.63, 3.8) is 0 Å². The van der Waals surface area contributed by atoms with Crippen LogP contribution in [0.5, 0.6) is 0 Å². The largest absolute Gasteiger partial charge is 0.341 e. The summed E-state index contributed by atoms with van der Waals surface area (Å²) in [5.41, 5.74) is 3.60. The Morgan fingerprint density at radius 2 is 2.15 bits per heavy atom. The third-order valence-electron chi connectivity index (χ3n) is 5.13. The Morgan fingerprint density at radius 1 is 1.38 bits per heavy atom. The highest BCUT2D eigenvalue weighted by Crippen LogP contribution is 2.21. The Labute approximate surface area is 158 Å². The summed E-state index contributed by atoms with van der Waals surface area (Å²) in [5.74, 6) is 0.464. The van der Waals surface area contributed by atoms with E-state index in [0.29, 0.717) is 5.92 Å². The van der Waals surface area contributed by atoms with E-state index in [9.17, 15) is 9.18 Å². The second kappa shape index (κ2) is 8.73. The maximum absolute atomic E-state index is 13.2. The number of piperidine rings is 1. The lowest BCUT2D eigenvalue weighted by molar-refractivity contribution is 0.0744. The number of nitrogens with zero attached hydrogens (tertiary/aromatic N) is 3. The first-order valence-corrected chi connectivity index (χ1v) is 10.0. The molecule has 0 radical (unpaired) electrons. The van der Waals surface area contributed by atoms with Gasteiger partial charge < -0.3 is 9.80 Å². The van der Waals surface area contributed by atoms with Crippen molar-refractivity contribution in [2.45, 2.75) is 26.2 Å². The van der Waals surface area contributed by atoms with Gasteiger partial charge in [-0.15, -0.1) is 11.3 Å². The van der Waals surface area contributed by atoms with Gasteiger partial charge in [0.15, 0.2) is 0 Å². The van der Waals surface area contributed by atoms with Crippen LogP contribution in [0.1, 0.15) is 33.8 Å². The lowest BCUT2D eigenvalue weighted by Crippen LogP contribution is -2.40. The number of benzene rings is 1. The van der Waals surface area contributed by atoms with Crippen molar-refractivity contribution in [2.75, 3.05) is 33.2 Å². The van der Waals surface area contributed by atoms with Crippen LogP contribution in [0.4, 0.5) is 4.39 Å². The minimum absolute atomic E-state index is 0.0820. The van der Waals surface area contributed by atoms with Crippen LogP contribution in [0.15, 0.2) is 29.8 Å². The number of likely N-dealkylation sites (tertiary alicyclic amines) is 1. The number of thiazole rings is 1. The van der Waals surface area contributed by atoms with Gasteiger partial charge in [-0.05, 0) is 62.9 Å². The lowest BCUT2D eigenvalue weighted by Gasteiger charge is -2.33. The molecule has 4 nitrogen and oxygen atoms in total. The van der Waals surface area contributed by atoms with Crippen molar-refractivity contribution >= 4 is 17.2 Å². The van der Waals surface area contributed by atoms with Gasteiger partial charge in [0.25, 0.3) is 5.91 Å². The van der Waals surface area contributed by atoms with Gasteiger partial charge in [-0.2, -0.15) is 0 Å². The molecule has 0 N–H and O–H groups in total. The minimum Gasteiger partial charge on any atom is -0.341 e. The van der Waals surface area contributed by atoms with Gasteiger partial charge in [0.2, 0.25) is 0 Å². The summed E-state index contributed by atoms with van der Waals surface area (Å²) in [4.78, 5) is 21.7. The van der Waals surface area contributed by atoms with Crippen molar-refractivity contribution in [1.29, 1.82) is 0 Å². The van der Waals surface area contributed by atoms with Crippen molar-refractivity contribution in [3.05, 3.63) is 51.7 Å². The molecule has 1 aromatic heterocycles. The molecule has 1 aliphatic heterocycles. The number of halogens is 1. The summed E-state index contributed by atoms with van der Waals surface area (Å²) < 4.78 is 13.2. The molecule has 0 bridgehead atoms. The first kappa shape index (κ1) is 19.0. The second-order valence-corrected chi connectivity index (χ2v) is 7.97. The summed E-state index contributed by atoms with van der Waals surface area (Å²) in [6.45, 7) is 5.73. The number of carbonyl (C=O) groups is 1. The average Bonchev–Trinajstić information content (AvgIpc) is 3.06. The molecule has 2 aromatic rings. The third kappa shape index (κ3) is 4.89. The van der Waals surface area contributed by atoms with Gasteiger partial charge in [0.05, 0.1) is 11.2 Å². The van der Waals surface area contributed by atoms with Crippen molar-refractivity contribution in [1.82, 2.24) is 14.8 Å². The predicted molar refractivity (Wildman–Crippen MR) is 103 cm³/mol. The van der Waals surface area contributed by atoms with E-state index in [4.69, 9.17) is 0 Å². The SMILES string of the molecule is Cc1ncsc1C(=O)N(C)CC1CCN(CCc2cccc(F)c2)CC1. The molecule has 6 heteroatoms. The highest BCUT2D eigenvalue weighted by atomic mass is 32.1. The molecule has 3 rings (SSSR count). The van der Waals surface area contributed by atoms with E-state index >= 15 is 0 Å². The normalized spacial score (nSPS) is 16.0. The van der Waals surface area contributed by atoms with Crippen molar-refractivity contribution in [2.24, 2.45) is 5.92 Å². The zero-order chi connectivity index (χ0) is 18.5. The standard InChI is InChI=1S/C20H26FN3OS/c1-15-19(26-14-22-15)20(25)23(2)13-17-7-10-24(11-8-17)9-6-16-4-3-5-18(21)12-16/h3-5,12,14,17H,6-11,13H2,1-2H3. The number of hydrogen-bond acceptors (Lipinski definition) is 4. The van der Waals surface area contributed by atoms with Gasteiger partial charge in [-0.1, -0.05) is 12.1 Å². The fourth-order valence-corrected chi connectivity index (χ4v) is 4.32. The molecule has 1 amide bonds. The van der Waals surface area contributed by atoms with Gasteiger partial charge in [0.1, 0.15) is 10.7 Å². The van der Waals surface area contributed by atoms with E-state index in [1.165, 1.54) is 17.4 Å². The fraction of sp³-hybridized carbons (Fsp3) is 0.500. The van der Waals surface area contributed by atoms with Crippen molar-refractivity contribution in [3.8, 4) is 0 Å². The highest BCUT2D eigenvalue weighted by molar-refractivity contribution is 7.11. The zero-order valence-corrected chi connectivity index (χ0v) is 16.3. The van der Waals surface area contributed by atoms with Crippen LogP contribution in [-0.2, 0) is 6.42 Å². The molecule has 1 aromatic carbocycles. The number of carbonyl (C=O) groups excluding carboxylic acids is 1. The molecule has 140 valence electrons. The van der Waals surface area contributed by atoms with Crippen LogP contribution < -0.4 is 0 Å². The Bertz CT molecular complexity index is 740. The summed E-state index contributed by atoms with van der Waals surface area (Å²) >= 11 is 1.42. The molecule has 0 aliphatic carbocycles. The smallest absolute Gasteiger partial charge is 0.265 e. The number of rotatable bonds is 6. The minimum atomic E-state index is -0.162. The zero-order valence-electron chi connectivity index (χ0n) is 15.4. The molecule has 1 saturated heterocycles. The monoisotopic (exact) mass is 375 g/mol. The molecular formula is C20H26FN3OS. The quantitative estimate of drug-likeness (QED) is 0.774. The molecule has 0 unspecified atom stereocenters. The van der Waals surface area contributed by atoms with Crippen LogP contribution in [0.2, 0.25) is 0 Å². The van der Waals surface area contributed by atoms with E-state index in [1.54, 1.807) is 17.6 Å². The Kier molecular flexibility index (Phi) is 6.38. The van der Waals surface area contributed by atoms with E-state index in [0.717, 1.165) is 61.6 Å². The summed E-state index contributed by atoms with van der Waals surface area (Å²) in [6, 6.07) is 6.86. The number of hydrogen-bond donors (Lipinski definition) is 0. The maximum Gasteiger partial charge on any atom is 0.265 e. The predicted octanol–water partition coefficient (Wildman–Crippen LogP) is 3.62. The number of aromatic nitrogens is 1. The van der Waals surface area contributed by atoms with Crippen LogP contribution in [0.25, 0.3) is 0 Å². The van der Waals surface area contributed by atoms with Crippen LogP contribution in [0.3, 0.4) is 0 Å². The molecule has 26 heavy (non-hydrogen) atoms. The van der Waals surface area contributed by atoms with Crippen LogP contribution in [-0.4, -0.2) is 53.9 Å². The molecule has 0 spiro atoms. The summed E-state index contributed by atoms with van der Waals surface area (Å²) in [5, 5.41) is 0. The van der Waals surface area contributed by atoms with E-state index in [1.807, 2.05) is 24.9 Å². The Balaban J connectivity index is 1.42. The van der Waals surface area contributed by atoms with E-state index in [2.05, 4.69) is 9.88 Å². The summed E-state index contributed by atoms with van der Waals surface area (Å²) in [6.07, 6.45) is 3.08. The fourth-order valence-electron chi connectivity index (χ4n) is 3.52. The van der Waals surface area contributed by atoms with E-state index in [-0.39, 0.29) is 11.7 Å². The molecule has 1 fully saturated rings. The highest BCUT2D eigenvalue weighted by Gasteiger charge is 2.23. The molecule has 0 saturated carbocycles. The molecule has 0 atom stereocenters. The van der Waals surface area contributed by atoms with Gasteiger partial charge in [-0.3, -0.25) is 4.79 Å². The Hall–Kier alpha value is -1.79. The topological polar surface area (TPSA) is 36.4 Å². The lowest BCUT2D eigenvalue weighted by atomic mass is 9.96. The summed E-state index contributed by atoms with van der Waals surface area (Å²) in [7, 11) is 1.89. The molecule has 2 heterocycles. The van der Waals surface area contributed by atoms with Gasteiger partial charge >= 0.3 is 0 Å². The third-order valence-corrected chi connectivity index (χ3v) is 6.05. The molecular weight excluding hydrogens is 349 g/mol. The first-order chi connectivity index (χ1) is 12.5. The number of aryl methyl sites for hydroxylation is 1. The van der Waals surface area contributed by atoms with Gasteiger partial charge in [-0.25, -0.2) is 9.37 Å². The van der Waals surface area contributed by atoms with E-state index < -0.39 is 0 Å². The van der Waals surface area contributed by atoms with Gasteiger partial charge in [0, 0.05) is 20.1 Å². The van der Waals surface area contributed by atoms with Crippen LogP contribution in [0, 0.1) is 18.7 Å². The van der Waals surface area contributed by atoms with Crippen LogP contribution >= 0.6 is 11.3 Å². The second-order valence-electron chi connectivity index (χ2n) is 7.12. The average molecular weight is 376 g/mol. The molecule has 1 aliphatic rings. The first-order valence-electron chi connectivity index (χ1n) is 9.15.